The standard InChI is InChI=1S/C25H21Cl2F3N2O2/c26-18-9-5-16(6-10-18)23(21-3-1-2-4-22(21)27)32-14-13-19(15-32)31-24(33)17-7-11-20(12-8-17)34-25(28,29)30/h1-12,19,23H,13-15H2,(H,31,33). The lowest BCUT2D eigenvalue weighted by atomic mass is 9.97. The minimum atomic E-state index is -4.78. The van der Waals surface area contributed by atoms with Crippen LogP contribution >= 0.6 is 23.2 Å². The molecule has 1 aliphatic rings. The summed E-state index contributed by atoms with van der Waals surface area (Å²) in [5, 5.41) is 4.26. The Morgan fingerprint density at radius 1 is 1.00 bits per heavy atom. The number of amides is 1. The molecule has 1 N–H and O–H groups in total. The van der Waals surface area contributed by atoms with Gasteiger partial charge in [0.15, 0.2) is 0 Å². The van der Waals surface area contributed by atoms with Gasteiger partial charge in [0.25, 0.3) is 5.91 Å². The van der Waals surface area contributed by atoms with E-state index in [1.165, 1.54) is 12.1 Å². The smallest absolute Gasteiger partial charge is 0.406 e. The summed E-state index contributed by atoms with van der Waals surface area (Å²) in [6, 6.07) is 19.9. The van der Waals surface area contributed by atoms with Crippen LogP contribution in [0.3, 0.4) is 0 Å². The fraction of sp³-hybridized carbons (Fsp3) is 0.240. The molecule has 4 nitrogen and oxygen atoms in total. The van der Waals surface area contributed by atoms with Gasteiger partial charge in [0.2, 0.25) is 0 Å². The maximum Gasteiger partial charge on any atom is 0.573 e. The summed E-state index contributed by atoms with van der Waals surface area (Å²) in [5.41, 5.74) is 2.25. The van der Waals surface area contributed by atoms with Crippen LogP contribution in [0.4, 0.5) is 13.2 Å². The van der Waals surface area contributed by atoms with Gasteiger partial charge in [-0.05, 0) is 60.0 Å². The maximum atomic E-state index is 12.7. The molecule has 34 heavy (non-hydrogen) atoms. The molecule has 0 aromatic heterocycles. The molecule has 0 aliphatic carbocycles. The molecule has 1 fully saturated rings. The van der Waals surface area contributed by atoms with Gasteiger partial charge in [-0.15, -0.1) is 13.2 Å². The number of alkyl halides is 3. The number of likely N-dealkylation sites (tertiary alicyclic amines) is 1. The van der Waals surface area contributed by atoms with Gasteiger partial charge in [0.1, 0.15) is 5.75 Å². The summed E-state index contributed by atoms with van der Waals surface area (Å²) in [6.45, 7) is 1.31. The Labute approximate surface area is 205 Å². The van der Waals surface area contributed by atoms with Gasteiger partial charge in [-0.1, -0.05) is 53.5 Å². The van der Waals surface area contributed by atoms with Crippen molar-refractivity contribution in [3.05, 3.63) is 99.5 Å². The van der Waals surface area contributed by atoms with E-state index < -0.39 is 6.36 Å². The van der Waals surface area contributed by atoms with Gasteiger partial charge in [0.05, 0.1) is 6.04 Å². The number of benzene rings is 3. The summed E-state index contributed by atoms with van der Waals surface area (Å²) in [4.78, 5) is 14.9. The highest BCUT2D eigenvalue weighted by molar-refractivity contribution is 6.31. The first-order valence-electron chi connectivity index (χ1n) is 10.6. The molecule has 0 saturated carbocycles. The van der Waals surface area contributed by atoms with Crippen LogP contribution in [0.5, 0.6) is 5.75 Å². The van der Waals surface area contributed by atoms with E-state index in [1.54, 1.807) is 0 Å². The van der Waals surface area contributed by atoms with Crippen molar-refractivity contribution in [2.75, 3.05) is 13.1 Å². The molecule has 1 aliphatic heterocycles. The molecule has 2 unspecified atom stereocenters. The normalized spacial score (nSPS) is 17.4. The Bertz CT molecular complexity index is 1140. The highest BCUT2D eigenvalue weighted by Crippen LogP contribution is 2.36. The lowest BCUT2D eigenvalue weighted by Gasteiger charge is -2.29. The number of rotatable bonds is 6. The van der Waals surface area contributed by atoms with Crippen LogP contribution in [0.25, 0.3) is 0 Å². The van der Waals surface area contributed by atoms with E-state index in [0.29, 0.717) is 16.6 Å². The van der Waals surface area contributed by atoms with Crippen molar-refractivity contribution in [1.29, 1.82) is 0 Å². The third-order valence-electron chi connectivity index (χ3n) is 5.66. The molecule has 1 amide bonds. The number of ether oxygens (including phenoxy) is 1. The van der Waals surface area contributed by atoms with Gasteiger partial charge in [0, 0.05) is 34.7 Å². The Morgan fingerprint density at radius 3 is 2.32 bits per heavy atom. The van der Waals surface area contributed by atoms with E-state index in [1.807, 2.05) is 48.5 Å². The Morgan fingerprint density at radius 2 is 1.68 bits per heavy atom. The molecular formula is C25H21Cl2F3N2O2. The Kier molecular flexibility index (Phi) is 7.36. The van der Waals surface area contributed by atoms with Crippen molar-refractivity contribution in [3.8, 4) is 5.75 Å². The highest BCUT2D eigenvalue weighted by atomic mass is 35.5. The molecule has 178 valence electrons. The molecule has 0 radical (unpaired) electrons. The fourth-order valence-electron chi connectivity index (χ4n) is 4.15. The van der Waals surface area contributed by atoms with Crippen molar-refractivity contribution >= 4 is 29.1 Å². The van der Waals surface area contributed by atoms with E-state index in [9.17, 15) is 18.0 Å². The predicted octanol–water partition coefficient (Wildman–Crippen LogP) is 6.49. The van der Waals surface area contributed by atoms with E-state index in [4.69, 9.17) is 23.2 Å². The van der Waals surface area contributed by atoms with Crippen LogP contribution in [0.1, 0.15) is 33.9 Å². The summed E-state index contributed by atoms with van der Waals surface area (Å²) in [5.74, 6) is -0.729. The van der Waals surface area contributed by atoms with Crippen molar-refractivity contribution in [2.24, 2.45) is 0 Å². The fourth-order valence-corrected chi connectivity index (χ4v) is 4.51. The number of nitrogens with zero attached hydrogens (tertiary/aromatic N) is 1. The number of hydrogen-bond donors (Lipinski definition) is 1. The summed E-state index contributed by atoms with van der Waals surface area (Å²) < 4.78 is 40.9. The summed E-state index contributed by atoms with van der Waals surface area (Å²) in [6.07, 6.45) is -4.06. The average Bonchev–Trinajstić information content (AvgIpc) is 3.24. The van der Waals surface area contributed by atoms with Crippen LogP contribution < -0.4 is 10.1 Å². The Hall–Kier alpha value is -2.74. The predicted molar refractivity (Wildman–Crippen MR) is 125 cm³/mol. The lowest BCUT2D eigenvalue weighted by molar-refractivity contribution is -0.274. The van der Waals surface area contributed by atoms with E-state index >= 15 is 0 Å². The number of carbonyl (C=O) groups excluding carboxylic acids is 1. The lowest BCUT2D eigenvalue weighted by Crippen LogP contribution is -2.38. The second-order valence-corrected chi connectivity index (χ2v) is 8.85. The first kappa shape index (κ1) is 24.4. The second-order valence-electron chi connectivity index (χ2n) is 8.00. The second kappa shape index (κ2) is 10.3. The highest BCUT2D eigenvalue weighted by Gasteiger charge is 2.33. The summed E-state index contributed by atoms with van der Waals surface area (Å²) in [7, 11) is 0. The molecule has 4 rings (SSSR count). The number of hydrogen-bond acceptors (Lipinski definition) is 3. The molecule has 0 spiro atoms. The quantitative estimate of drug-likeness (QED) is 0.413. The van der Waals surface area contributed by atoms with Crippen molar-refractivity contribution in [1.82, 2.24) is 10.2 Å². The van der Waals surface area contributed by atoms with Gasteiger partial charge in [-0.2, -0.15) is 0 Å². The molecule has 9 heteroatoms. The monoisotopic (exact) mass is 508 g/mol. The topological polar surface area (TPSA) is 41.6 Å². The van der Waals surface area contributed by atoms with Crippen LogP contribution in [0.15, 0.2) is 72.8 Å². The van der Waals surface area contributed by atoms with Gasteiger partial charge in [-0.25, -0.2) is 0 Å². The van der Waals surface area contributed by atoms with Crippen LogP contribution in [0.2, 0.25) is 10.0 Å². The zero-order chi connectivity index (χ0) is 24.3. The average molecular weight is 509 g/mol. The van der Waals surface area contributed by atoms with Crippen molar-refractivity contribution in [2.45, 2.75) is 24.9 Å². The van der Waals surface area contributed by atoms with E-state index in [-0.39, 0.29) is 29.3 Å². The minimum Gasteiger partial charge on any atom is -0.406 e. The number of carbonyl (C=O) groups is 1. The molecule has 3 aromatic rings. The molecular weight excluding hydrogens is 488 g/mol. The zero-order valence-corrected chi connectivity index (χ0v) is 19.4. The zero-order valence-electron chi connectivity index (χ0n) is 17.9. The third kappa shape index (κ3) is 6.03. The third-order valence-corrected chi connectivity index (χ3v) is 6.25. The van der Waals surface area contributed by atoms with Crippen LogP contribution in [-0.4, -0.2) is 36.3 Å². The largest absolute Gasteiger partial charge is 0.573 e. The molecule has 2 atom stereocenters. The first-order valence-corrected chi connectivity index (χ1v) is 11.4. The van der Waals surface area contributed by atoms with E-state index in [2.05, 4.69) is 15.0 Å². The number of halogens is 5. The maximum absolute atomic E-state index is 12.7. The molecule has 3 aromatic carbocycles. The Balaban J connectivity index is 1.47. The SMILES string of the molecule is O=C(NC1CCN(C(c2ccc(Cl)cc2)c2ccccc2Cl)C1)c1ccc(OC(F)(F)F)cc1. The molecule has 1 heterocycles. The molecule has 1 saturated heterocycles. The van der Waals surface area contributed by atoms with Gasteiger partial charge >= 0.3 is 6.36 Å². The van der Waals surface area contributed by atoms with Crippen molar-refractivity contribution in [3.63, 3.8) is 0 Å². The van der Waals surface area contributed by atoms with Crippen molar-refractivity contribution < 1.29 is 22.7 Å². The van der Waals surface area contributed by atoms with Gasteiger partial charge in [-0.3, -0.25) is 9.69 Å². The summed E-state index contributed by atoms with van der Waals surface area (Å²) >= 11 is 12.6. The van der Waals surface area contributed by atoms with Gasteiger partial charge < -0.3 is 10.1 Å². The first-order chi connectivity index (χ1) is 16.2. The molecule has 0 bridgehead atoms. The van der Waals surface area contributed by atoms with Crippen LogP contribution in [0, 0.1) is 0 Å². The number of nitrogens with one attached hydrogen (secondary N) is 1. The van der Waals surface area contributed by atoms with Crippen LogP contribution in [-0.2, 0) is 0 Å². The minimum absolute atomic E-state index is 0.119. The van der Waals surface area contributed by atoms with E-state index in [0.717, 1.165) is 36.2 Å².